The number of pyridine rings is 1. The molecule has 0 amide bonds. The Hall–Kier alpha value is -2.43. The van der Waals surface area contributed by atoms with Crippen LogP contribution in [0.15, 0.2) is 36.5 Å². The van der Waals surface area contributed by atoms with Crippen molar-refractivity contribution < 1.29 is 14.2 Å². The molecule has 0 bridgehead atoms. The Morgan fingerprint density at radius 3 is 3.05 bits per heavy atom. The van der Waals surface area contributed by atoms with E-state index in [2.05, 4.69) is 10.3 Å². The zero-order valence-electron chi connectivity index (χ0n) is 11.3. The third kappa shape index (κ3) is 2.61. The fourth-order valence-electron chi connectivity index (χ4n) is 2.01. The van der Waals surface area contributed by atoms with Crippen molar-refractivity contribution in [1.29, 1.82) is 0 Å². The third-order valence-corrected chi connectivity index (χ3v) is 2.97. The van der Waals surface area contributed by atoms with Gasteiger partial charge in [-0.15, -0.1) is 0 Å². The summed E-state index contributed by atoms with van der Waals surface area (Å²) in [5.41, 5.74) is 1.02. The van der Waals surface area contributed by atoms with E-state index in [-0.39, 0.29) is 6.79 Å². The van der Waals surface area contributed by atoms with Crippen molar-refractivity contribution in [2.45, 2.75) is 13.5 Å². The van der Waals surface area contributed by atoms with E-state index in [9.17, 15) is 0 Å². The fraction of sp³-hybridized carbons (Fsp3) is 0.267. The lowest BCUT2D eigenvalue weighted by atomic mass is 10.2. The van der Waals surface area contributed by atoms with Gasteiger partial charge in [-0.05, 0) is 25.1 Å². The highest BCUT2D eigenvalue weighted by Crippen LogP contribution is 2.35. The molecule has 0 radical (unpaired) electrons. The molecule has 1 aromatic carbocycles. The fourth-order valence-corrected chi connectivity index (χ4v) is 2.01. The van der Waals surface area contributed by atoms with E-state index in [0.29, 0.717) is 6.61 Å². The molecular formula is C15H16N2O3. The number of aromatic nitrogens is 1. The van der Waals surface area contributed by atoms with Crippen LogP contribution < -0.4 is 19.5 Å². The predicted molar refractivity (Wildman–Crippen MR) is 75.3 cm³/mol. The first-order valence-corrected chi connectivity index (χ1v) is 6.57. The average Bonchev–Trinajstić information content (AvgIpc) is 2.94. The van der Waals surface area contributed by atoms with Gasteiger partial charge in [0, 0.05) is 24.4 Å². The molecule has 20 heavy (non-hydrogen) atoms. The summed E-state index contributed by atoms with van der Waals surface area (Å²) in [6.45, 7) is 3.59. The lowest BCUT2D eigenvalue weighted by Crippen LogP contribution is -2.05. The minimum absolute atomic E-state index is 0.270. The molecule has 0 saturated heterocycles. The van der Waals surface area contributed by atoms with Crippen LogP contribution in [0, 0.1) is 0 Å². The number of ether oxygens (including phenoxy) is 3. The monoisotopic (exact) mass is 272 g/mol. The van der Waals surface area contributed by atoms with E-state index >= 15 is 0 Å². The number of anilines is 1. The maximum Gasteiger partial charge on any atom is 0.231 e. The van der Waals surface area contributed by atoms with Gasteiger partial charge in [-0.3, -0.25) is 0 Å². The number of nitrogens with one attached hydrogen (secondary N) is 1. The summed E-state index contributed by atoms with van der Waals surface area (Å²) in [6.07, 6.45) is 1.77. The van der Waals surface area contributed by atoms with Gasteiger partial charge in [0.05, 0.1) is 0 Å². The minimum Gasteiger partial charge on any atom is -0.489 e. The van der Waals surface area contributed by atoms with Crippen molar-refractivity contribution in [2.75, 3.05) is 18.7 Å². The van der Waals surface area contributed by atoms with Gasteiger partial charge >= 0.3 is 0 Å². The first-order chi connectivity index (χ1) is 9.86. The zero-order valence-corrected chi connectivity index (χ0v) is 11.3. The molecule has 0 saturated carbocycles. The van der Waals surface area contributed by atoms with Crippen molar-refractivity contribution in [3.05, 3.63) is 42.1 Å². The van der Waals surface area contributed by atoms with E-state index in [1.807, 2.05) is 37.3 Å². The normalized spacial score (nSPS) is 12.2. The van der Waals surface area contributed by atoms with Crippen molar-refractivity contribution in [2.24, 2.45) is 0 Å². The van der Waals surface area contributed by atoms with Crippen LogP contribution in [-0.4, -0.2) is 18.3 Å². The number of hydrogen-bond acceptors (Lipinski definition) is 5. The Morgan fingerprint density at radius 2 is 2.15 bits per heavy atom. The molecule has 104 valence electrons. The standard InChI is InChI=1S/C15H16N2O3/c1-2-16-15-11(4-3-7-17-15)9-18-12-5-6-13-14(8-12)20-10-19-13/h3-8H,2,9-10H2,1H3,(H,16,17). The molecule has 5 nitrogen and oxygen atoms in total. The molecule has 0 fully saturated rings. The van der Waals surface area contributed by atoms with E-state index in [4.69, 9.17) is 14.2 Å². The Morgan fingerprint density at radius 1 is 1.25 bits per heavy atom. The van der Waals surface area contributed by atoms with Crippen LogP contribution in [0.1, 0.15) is 12.5 Å². The molecular weight excluding hydrogens is 256 g/mol. The quantitative estimate of drug-likeness (QED) is 0.907. The summed E-state index contributed by atoms with van der Waals surface area (Å²) in [4.78, 5) is 4.30. The van der Waals surface area contributed by atoms with Gasteiger partial charge < -0.3 is 19.5 Å². The highest BCUT2D eigenvalue weighted by Gasteiger charge is 2.14. The second kappa shape index (κ2) is 5.69. The van der Waals surface area contributed by atoms with Crippen LogP contribution in [-0.2, 0) is 6.61 Å². The maximum atomic E-state index is 5.79. The lowest BCUT2D eigenvalue weighted by Gasteiger charge is -2.11. The molecule has 1 aromatic heterocycles. The van der Waals surface area contributed by atoms with E-state index in [1.165, 1.54) is 0 Å². The SMILES string of the molecule is CCNc1ncccc1COc1ccc2c(c1)OCO2. The van der Waals surface area contributed by atoms with Crippen LogP contribution in [0.2, 0.25) is 0 Å². The second-order valence-corrected chi connectivity index (χ2v) is 4.35. The van der Waals surface area contributed by atoms with Crippen LogP contribution in [0.5, 0.6) is 17.2 Å². The summed E-state index contributed by atoms with van der Waals surface area (Å²) < 4.78 is 16.4. The topological polar surface area (TPSA) is 52.6 Å². The molecule has 0 atom stereocenters. The van der Waals surface area contributed by atoms with Crippen molar-refractivity contribution in [3.63, 3.8) is 0 Å². The molecule has 0 unspecified atom stereocenters. The Balaban J connectivity index is 1.70. The van der Waals surface area contributed by atoms with E-state index in [1.54, 1.807) is 6.20 Å². The van der Waals surface area contributed by atoms with Gasteiger partial charge in [0.1, 0.15) is 18.2 Å². The third-order valence-electron chi connectivity index (χ3n) is 2.97. The Bertz CT molecular complexity index is 601. The Labute approximate surface area is 117 Å². The summed E-state index contributed by atoms with van der Waals surface area (Å²) >= 11 is 0. The molecule has 2 aromatic rings. The number of rotatable bonds is 5. The molecule has 1 N–H and O–H groups in total. The molecule has 0 spiro atoms. The highest BCUT2D eigenvalue weighted by atomic mass is 16.7. The number of fused-ring (bicyclic) bond motifs is 1. The molecule has 2 heterocycles. The van der Waals surface area contributed by atoms with Gasteiger partial charge in [0.25, 0.3) is 0 Å². The maximum absolute atomic E-state index is 5.79. The zero-order chi connectivity index (χ0) is 13.8. The summed E-state index contributed by atoms with van der Waals surface area (Å²) in [7, 11) is 0. The second-order valence-electron chi connectivity index (χ2n) is 4.35. The molecule has 3 rings (SSSR count). The summed E-state index contributed by atoms with van der Waals surface area (Å²) in [5, 5.41) is 3.22. The first-order valence-electron chi connectivity index (χ1n) is 6.57. The van der Waals surface area contributed by atoms with E-state index in [0.717, 1.165) is 35.2 Å². The van der Waals surface area contributed by atoms with E-state index < -0.39 is 0 Å². The smallest absolute Gasteiger partial charge is 0.231 e. The van der Waals surface area contributed by atoms with Crippen LogP contribution in [0.25, 0.3) is 0 Å². The average molecular weight is 272 g/mol. The van der Waals surface area contributed by atoms with Gasteiger partial charge in [0.15, 0.2) is 11.5 Å². The number of nitrogens with zero attached hydrogens (tertiary/aromatic N) is 1. The largest absolute Gasteiger partial charge is 0.489 e. The lowest BCUT2D eigenvalue weighted by molar-refractivity contribution is 0.173. The van der Waals surface area contributed by atoms with Crippen molar-refractivity contribution in [1.82, 2.24) is 4.98 Å². The molecule has 1 aliphatic heterocycles. The van der Waals surface area contributed by atoms with Gasteiger partial charge in [-0.25, -0.2) is 4.98 Å². The van der Waals surface area contributed by atoms with Crippen LogP contribution >= 0.6 is 0 Å². The summed E-state index contributed by atoms with van der Waals surface area (Å²) in [6, 6.07) is 9.46. The molecule has 1 aliphatic rings. The van der Waals surface area contributed by atoms with Crippen molar-refractivity contribution in [3.8, 4) is 17.2 Å². The van der Waals surface area contributed by atoms with Crippen LogP contribution in [0.4, 0.5) is 5.82 Å². The first kappa shape index (κ1) is 12.6. The molecule has 5 heteroatoms. The molecule has 0 aliphatic carbocycles. The van der Waals surface area contributed by atoms with Gasteiger partial charge in [-0.1, -0.05) is 6.07 Å². The highest BCUT2D eigenvalue weighted by molar-refractivity contribution is 5.47. The van der Waals surface area contributed by atoms with Gasteiger partial charge in [-0.2, -0.15) is 0 Å². The van der Waals surface area contributed by atoms with Crippen molar-refractivity contribution >= 4 is 5.82 Å². The number of hydrogen-bond donors (Lipinski definition) is 1. The van der Waals surface area contributed by atoms with Gasteiger partial charge in [0.2, 0.25) is 6.79 Å². The Kier molecular flexibility index (Phi) is 3.58. The predicted octanol–water partition coefficient (Wildman–Crippen LogP) is 2.82. The summed E-state index contributed by atoms with van der Waals surface area (Å²) in [5.74, 6) is 3.09. The van der Waals surface area contributed by atoms with Crippen LogP contribution in [0.3, 0.4) is 0 Å². The number of benzene rings is 1. The minimum atomic E-state index is 0.270.